The zero-order valence-electron chi connectivity index (χ0n) is 10.7. The van der Waals surface area contributed by atoms with Crippen molar-refractivity contribution in [3.63, 3.8) is 0 Å². The van der Waals surface area contributed by atoms with Gasteiger partial charge in [-0.1, -0.05) is 45.1 Å². The Hall–Kier alpha value is -0.920. The number of aryl methyl sites for hydroxylation is 1. The van der Waals surface area contributed by atoms with Gasteiger partial charge in [0.05, 0.1) is 0 Å². The predicted molar refractivity (Wildman–Crippen MR) is 68.3 cm³/mol. The fraction of sp³-hybridized carbons (Fsp3) is 0.667. The van der Waals surface area contributed by atoms with E-state index in [1.54, 1.807) is 6.20 Å². The summed E-state index contributed by atoms with van der Waals surface area (Å²) in [6.45, 7) is 2.30. The van der Waals surface area contributed by atoms with Crippen molar-refractivity contribution >= 4 is 0 Å². The first-order valence-electron chi connectivity index (χ1n) is 6.88. The molecule has 94 valence electrons. The van der Waals surface area contributed by atoms with Crippen molar-refractivity contribution in [2.45, 2.75) is 51.9 Å². The second kappa shape index (κ2) is 6.13. The second-order valence-electron chi connectivity index (χ2n) is 5.32. The summed E-state index contributed by atoms with van der Waals surface area (Å²) in [5.74, 6) is 1.47. The van der Waals surface area contributed by atoms with E-state index < -0.39 is 0 Å². The number of halogens is 1. The molecule has 17 heavy (non-hydrogen) atoms. The fourth-order valence-electron chi connectivity index (χ4n) is 2.85. The SMILES string of the molecule is CC[C@H]1CC[C@H](CCc2ccc(F)nc2)CC1. The largest absolute Gasteiger partial charge is 0.228 e. The van der Waals surface area contributed by atoms with E-state index in [9.17, 15) is 4.39 Å². The minimum absolute atomic E-state index is 0.378. The molecule has 1 nitrogen and oxygen atoms in total. The van der Waals surface area contributed by atoms with Crippen LogP contribution in [0.25, 0.3) is 0 Å². The molecule has 1 fully saturated rings. The van der Waals surface area contributed by atoms with Crippen LogP contribution in [0, 0.1) is 17.8 Å². The van der Waals surface area contributed by atoms with Crippen LogP contribution in [0.1, 0.15) is 51.0 Å². The average molecular weight is 235 g/mol. The summed E-state index contributed by atoms with van der Waals surface area (Å²) in [6, 6.07) is 3.32. The van der Waals surface area contributed by atoms with Gasteiger partial charge in [0.2, 0.25) is 5.95 Å². The summed E-state index contributed by atoms with van der Waals surface area (Å²) in [4.78, 5) is 3.70. The Bertz CT molecular complexity index is 325. The molecule has 2 heteroatoms. The van der Waals surface area contributed by atoms with E-state index in [0.717, 1.165) is 18.3 Å². The van der Waals surface area contributed by atoms with Crippen LogP contribution in [0.4, 0.5) is 4.39 Å². The lowest BCUT2D eigenvalue weighted by atomic mass is 9.79. The molecule has 0 N–H and O–H groups in total. The van der Waals surface area contributed by atoms with E-state index in [1.165, 1.54) is 50.2 Å². The minimum Gasteiger partial charge on any atom is -0.228 e. The minimum atomic E-state index is -0.378. The van der Waals surface area contributed by atoms with Crippen molar-refractivity contribution in [3.8, 4) is 0 Å². The van der Waals surface area contributed by atoms with Gasteiger partial charge in [0.15, 0.2) is 0 Å². The van der Waals surface area contributed by atoms with Crippen LogP contribution in [0.15, 0.2) is 18.3 Å². The number of aromatic nitrogens is 1. The van der Waals surface area contributed by atoms with Gasteiger partial charge in [-0.3, -0.25) is 0 Å². The highest BCUT2D eigenvalue weighted by Crippen LogP contribution is 2.32. The number of hydrogen-bond donors (Lipinski definition) is 0. The average Bonchev–Trinajstić information content (AvgIpc) is 2.39. The normalized spacial score (nSPS) is 24.8. The molecule has 0 unspecified atom stereocenters. The molecule has 0 bridgehead atoms. The molecular formula is C15H22FN. The molecule has 1 aromatic rings. The fourth-order valence-corrected chi connectivity index (χ4v) is 2.85. The van der Waals surface area contributed by atoms with Crippen molar-refractivity contribution in [1.82, 2.24) is 4.98 Å². The van der Waals surface area contributed by atoms with Gasteiger partial charge in [-0.05, 0) is 36.3 Å². The van der Waals surface area contributed by atoms with Gasteiger partial charge in [-0.2, -0.15) is 4.39 Å². The lowest BCUT2D eigenvalue weighted by molar-refractivity contribution is 0.258. The lowest BCUT2D eigenvalue weighted by Gasteiger charge is -2.27. The Kier molecular flexibility index (Phi) is 4.52. The van der Waals surface area contributed by atoms with E-state index in [-0.39, 0.29) is 5.95 Å². The zero-order chi connectivity index (χ0) is 12.1. The molecule has 0 aromatic carbocycles. The summed E-state index contributed by atoms with van der Waals surface area (Å²) < 4.78 is 12.7. The van der Waals surface area contributed by atoms with E-state index in [1.807, 2.05) is 6.07 Å². The molecule has 0 saturated heterocycles. The third kappa shape index (κ3) is 3.79. The summed E-state index contributed by atoms with van der Waals surface area (Å²) >= 11 is 0. The Morgan fingerprint density at radius 2 is 1.88 bits per heavy atom. The van der Waals surface area contributed by atoms with Crippen molar-refractivity contribution in [3.05, 3.63) is 29.8 Å². The molecule has 1 aliphatic carbocycles. The van der Waals surface area contributed by atoms with E-state index >= 15 is 0 Å². The van der Waals surface area contributed by atoms with Crippen molar-refractivity contribution in [2.75, 3.05) is 0 Å². The van der Waals surface area contributed by atoms with Gasteiger partial charge in [-0.25, -0.2) is 4.98 Å². The molecule has 0 spiro atoms. The van der Waals surface area contributed by atoms with Gasteiger partial charge >= 0.3 is 0 Å². The lowest BCUT2D eigenvalue weighted by Crippen LogP contribution is -2.14. The summed E-state index contributed by atoms with van der Waals surface area (Å²) in [5, 5.41) is 0. The maximum atomic E-state index is 12.7. The van der Waals surface area contributed by atoms with Crippen LogP contribution in [-0.4, -0.2) is 4.98 Å². The first-order chi connectivity index (χ1) is 8.28. The topological polar surface area (TPSA) is 12.9 Å². The number of hydrogen-bond acceptors (Lipinski definition) is 1. The summed E-state index contributed by atoms with van der Waals surface area (Å²) in [7, 11) is 0. The van der Waals surface area contributed by atoms with E-state index in [2.05, 4.69) is 11.9 Å². The number of pyridine rings is 1. The van der Waals surface area contributed by atoms with Crippen LogP contribution in [0.2, 0.25) is 0 Å². The third-order valence-corrected chi connectivity index (χ3v) is 4.17. The van der Waals surface area contributed by atoms with Crippen molar-refractivity contribution in [2.24, 2.45) is 11.8 Å². The number of nitrogens with zero attached hydrogens (tertiary/aromatic N) is 1. The molecule has 1 heterocycles. The highest BCUT2D eigenvalue weighted by atomic mass is 19.1. The molecule has 1 aromatic heterocycles. The monoisotopic (exact) mass is 235 g/mol. The highest BCUT2D eigenvalue weighted by Gasteiger charge is 2.19. The Balaban J connectivity index is 1.74. The molecule has 2 rings (SSSR count). The summed E-state index contributed by atoms with van der Waals surface area (Å²) in [5.41, 5.74) is 1.17. The smallest absolute Gasteiger partial charge is 0.212 e. The molecule has 0 atom stereocenters. The maximum absolute atomic E-state index is 12.7. The van der Waals surface area contributed by atoms with Crippen LogP contribution < -0.4 is 0 Å². The number of rotatable bonds is 4. The Morgan fingerprint density at radius 3 is 2.47 bits per heavy atom. The molecule has 1 saturated carbocycles. The van der Waals surface area contributed by atoms with E-state index in [0.29, 0.717) is 0 Å². The maximum Gasteiger partial charge on any atom is 0.212 e. The Labute approximate surface area is 103 Å². The van der Waals surface area contributed by atoms with Gasteiger partial charge in [0.1, 0.15) is 0 Å². The molecule has 0 amide bonds. The molecule has 1 aliphatic rings. The quantitative estimate of drug-likeness (QED) is 0.706. The van der Waals surface area contributed by atoms with Gasteiger partial charge in [-0.15, -0.1) is 0 Å². The zero-order valence-corrected chi connectivity index (χ0v) is 10.7. The molecule has 0 radical (unpaired) electrons. The first-order valence-corrected chi connectivity index (χ1v) is 6.88. The molecule has 0 aliphatic heterocycles. The Morgan fingerprint density at radius 1 is 1.18 bits per heavy atom. The van der Waals surface area contributed by atoms with Crippen LogP contribution in [0.3, 0.4) is 0 Å². The van der Waals surface area contributed by atoms with Gasteiger partial charge in [0.25, 0.3) is 0 Å². The van der Waals surface area contributed by atoms with Crippen LogP contribution >= 0.6 is 0 Å². The van der Waals surface area contributed by atoms with E-state index in [4.69, 9.17) is 0 Å². The predicted octanol–water partition coefficient (Wildman–Crippen LogP) is 4.37. The van der Waals surface area contributed by atoms with Gasteiger partial charge < -0.3 is 0 Å². The first kappa shape index (κ1) is 12.5. The van der Waals surface area contributed by atoms with Crippen LogP contribution in [0.5, 0.6) is 0 Å². The highest BCUT2D eigenvalue weighted by molar-refractivity contribution is 5.09. The standard InChI is InChI=1S/C15H22FN/c1-2-12-3-5-13(6-4-12)7-8-14-9-10-15(16)17-11-14/h9-13H,2-8H2,1H3/t12-,13-. The van der Waals surface area contributed by atoms with Crippen molar-refractivity contribution < 1.29 is 4.39 Å². The van der Waals surface area contributed by atoms with Crippen molar-refractivity contribution in [1.29, 1.82) is 0 Å². The summed E-state index contributed by atoms with van der Waals surface area (Å²) in [6.07, 6.45) is 10.9. The molecular weight excluding hydrogens is 213 g/mol. The third-order valence-electron chi connectivity index (χ3n) is 4.17. The van der Waals surface area contributed by atoms with Crippen LogP contribution in [-0.2, 0) is 6.42 Å². The van der Waals surface area contributed by atoms with Gasteiger partial charge in [0, 0.05) is 6.20 Å². The second-order valence-corrected chi connectivity index (χ2v) is 5.32.